The van der Waals surface area contributed by atoms with Gasteiger partial charge < -0.3 is 15.2 Å². The van der Waals surface area contributed by atoms with E-state index in [-0.39, 0.29) is 17.7 Å². The Bertz CT molecular complexity index is 454. The molecule has 2 N–H and O–H groups in total. The molecule has 1 atom stereocenters. The lowest BCUT2D eigenvalue weighted by molar-refractivity contribution is -0.135. The van der Waals surface area contributed by atoms with Crippen LogP contribution in [0.4, 0.5) is 0 Å². The van der Waals surface area contributed by atoms with Gasteiger partial charge in [0, 0.05) is 25.0 Å². The Morgan fingerprint density at radius 2 is 2.37 bits per heavy atom. The fourth-order valence-electron chi connectivity index (χ4n) is 1.88. The lowest BCUT2D eigenvalue weighted by atomic mass is 10.1. The highest BCUT2D eigenvalue weighted by atomic mass is 32.1. The van der Waals surface area contributed by atoms with Crippen LogP contribution in [0.15, 0.2) is 5.38 Å². The van der Waals surface area contributed by atoms with Crippen molar-refractivity contribution in [1.82, 2.24) is 10.3 Å². The molecule has 6 nitrogen and oxygen atoms in total. The first-order chi connectivity index (χ1) is 9.16. The predicted molar refractivity (Wildman–Crippen MR) is 69.4 cm³/mol. The third-order valence-corrected chi connectivity index (χ3v) is 3.79. The van der Waals surface area contributed by atoms with E-state index in [1.807, 2.05) is 0 Å². The van der Waals surface area contributed by atoms with Crippen LogP contribution in [0.1, 0.15) is 34.8 Å². The molecule has 0 aliphatic carbocycles. The molecule has 0 spiro atoms. The molecule has 0 aromatic carbocycles. The van der Waals surface area contributed by atoms with Crippen molar-refractivity contribution in [3.8, 4) is 0 Å². The Morgan fingerprint density at radius 1 is 1.53 bits per heavy atom. The molecule has 0 unspecified atom stereocenters. The second-order valence-corrected chi connectivity index (χ2v) is 5.27. The number of nitrogens with zero attached hydrogens (tertiary/aromatic N) is 1. The summed E-state index contributed by atoms with van der Waals surface area (Å²) in [7, 11) is 0. The third-order valence-electron chi connectivity index (χ3n) is 2.88. The molecule has 2 rings (SSSR count). The van der Waals surface area contributed by atoms with Crippen molar-refractivity contribution in [3.05, 3.63) is 16.1 Å². The van der Waals surface area contributed by atoms with Crippen molar-refractivity contribution >= 4 is 23.2 Å². The summed E-state index contributed by atoms with van der Waals surface area (Å²) in [5.74, 6) is -1.11. The minimum atomic E-state index is -1.03. The first-order valence-corrected chi connectivity index (χ1v) is 7.12. The first kappa shape index (κ1) is 14.0. The molecule has 0 saturated carbocycles. The molecule has 1 fully saturated rings. The molecule has 2 heterocycles. The van der Waals surface area contributed by atoms with Crippen LogP contribution in [-0.2, 0) is 16.0 Å². The molecular formula is C12H16N2O4S. The van der Waals surface area contributed by atoms with Crippen LogP contribution in [0.25, 0.3) is 0 Å². The molecule has 0 bridgehead atoms. The summed E-state index contributed by atoms with van der Waals surface area (Å²) in [5, 5.41) is 13.7. The van der Waals surface area contributed by atoms with Crippen LogP contribution in [0, 0.1) is 0 Å². The van der Waals surface area contributed by atoms with E-state index in [4.69, 9.17) is 9.84 Å². The normalized spacial score (nSPS) is 19.1. The van der Waals surface area contributed by atoms with Crippen LogP contribution in [0.5, 0.6) is 0 Å². The molecule has 1 aromatic heterocycles. The summed E-state index contributed by atoms with van der Waals surface area (Å²) in [6.07, 6.45) is 3.01. The lowest BCUT2D eigenvalue weighted by Crippen LogP contribution is -2.39. The molecule has 1 aliphatic rings. The van der Waals surface area contributed by atoms with E-state index in [1.165, 1.54) is 16.7 Å². The van der Waals surface area contributed by atoms with Crippen LogP contribution >= 0.6 is 11.3 Å². The molecule has 0 radical (unpaired) electrons. The second kappa shape index (κ2) is 6.63. The Balaban J connectivity index is 1.73. The van der Waals surface area contributed by atoms with Gasteiger partial charge in [0.2, 0.25) is 5.91 Å². The average Bonchev–Trinajstić information content (AvgIpc) is 2.89. The lowest BCUT2D eigenvalue weighted by Gasteiger charge is -2.21. The fraction of sp³-hybridized carbons (Fsp3) is 0.583. The zero-order valence-electron chi connectivity index (χ0n) is 10.4. The summed E-state index contributed by atoms with van der Waals surface area (Å²) in [4.78, 5) is 26.4. The average molecular weight is 284 g/mol. The molecule has 1 aliphatic heterocycles. The zero-order chi connectivity index (χ0) is 13.7. The quantitative estimate of drug-likeness (QED) is 0.844. The monoisotopic (exact) mass is 284 g/mol. The SMILES string of the molecule is O=C(O)c1csc(CCNC(=O)[C@@H]2CCCCO2)n1. The van der Waals surface area contributed by atoms with Gasteiger partial charge in [-0.3, -0.25) is 4.79 Å². The van der Waals surface area contributed by atoms with Gasteiger partial charge in [0.25, 0.3) is 0 Å². The number of rotatable bonds is 5. The minimum absolute atomic E-state index is 0.0574. The highest BCUT2D eigenvalue weighted by molar-refractivity contribution is 7.09. The minimum Gasteiger partial charge on any atom is -0.476 e. The number of carbonyl (C=O) groups is 2. The number of carboxylic acids is 1. The number of hydrogen-bond acceptors (Lipinski definition) is 5. The van der Waals surface area contributed by atoms with Crippen LogP contribution in [-0.4, -0.2) is 41.2 Å². The third kappa shape index (κ3) is 4.00. The summed E-state index contributed by atoms with van der Waals surface area (Å²) < 4.78 is 5.38. The van der Waals surface area contributed by atoms with Crippen molar-refractivity contribution < 1.29 is 19.4 Å². The molecule has 1 amide bonds. The van der Waals surface area contributed by atoms with Crippen molar-refractivity contribution in [1.29, 1.82) is 0 Å². The number of thiazole rings is 1. The number of hydrogen-bond donors (Lipinski definition) is 2. The number of amides is 1. The predicted octanol–water partition coefficient (Wildman–Crippen LogP) is 1.07. The van der Waals surface area contributed by atoms with Gasteiger partial charge in [0.15, 0.2) is 5.69 Å². The number of aromatic carboxylic acids is 1. The molecular weight excluding hydrogens is 268 g/mol. The van der Waals surface area contributed by atoms with Gasteiger partial charge in [-0.1, -0.05) is 0 Å². The highest BCUT2D eigenvalue weighted by Gasteiger charge is 2.21. The van der Waals surface area contributed by atoms with E-state index in [0.717, 1.165) is 19.3 Å². The highest BCUT2D eigenvalue weighted by Crippen LogP contribution is 2.13. The number of aromatic nitrogens is 1. The number of carboxylic acid groups (broad SMARTS) is 1. The summed E-state index contributed by atoms with van der Waals surface area (Å²) in [5.41, 5.74) is 0.0574. The summed E-state index contributed by atoms with van der Waals surface area (Å²) >= 11 is 1.29. The van der Waals surface area contributed by atoms with Gasteiger partial charge in [-0.05, 0) is 19.3 Å². The molecule has 1 aromatic rings. The summed E-state index contributed by atoms with van der Waals surface area (Å²) in [6, 6.07) is 0. The van der Waals surface area contributed by atoms with E-state index in [9.17, 15) is 9.59 Å². The van der Waals surface area contributed by atoms with E-state index < -0.39 is 5.97 Å². The van der Waals surface area contributed by atoms with Crippen LogP contribution in [0.2, 0.25) is 0 Å². The van der Waals surface area contributed by atoms with Gasteiger partial charge in [0.05, 0.1) is 5.01 Å². The Morgan fingerprint density at radius 3 is 3.00 bits per heavy atom. The van der Waals surface area contributed by atoms with Crippen molar-refractivity contribution in [3.63, 3.8) is 0 Å². The number of ether oxygens (including phenoxy) is 1. The second-order valence-electron chi connectivity index (χ2n) is 4.33. The van der Waals surface area contributed by atoms with Gasteiger partial charge in [0.1, 0.15) is 6.10 Å². The smallest absolute Gasteiger partial charge is 0.355 e. The molecule has 1 saturated heterocycles. The van der Waals surface area contributed by atoms with E-state index in [0.29, 0.717) is 24.6 Å². The van der Waals surface area contributed by atoms with E-state index >= 15 is 0 Å². The molecule has 7 heteroatoms. The van der Waals surface area contributed by atoms with Gasteiger partial charge >= 0.3 is 5.97 Å². The van der Waals surface area contributed by atoms with Crippen LogP contribution in [0.3, 0.4) is 0 Å². The van der Waals surface area contributed by atoms with Crippen molar-refractivity contribution in [2.75, 3.05) is 13.2 Å². The van der Waals surface area contributed by atoms with Crippen molar-refractivity contribution in [2.45, 2.75) is 31.8 Å². The number of nitrogens with one attached hydrogen (secondary N) is 1. The first-order valence-electron chi connectivity index (χ1n) is 6.24. The maximum Gasteiger partial charge on any atom is 0.355 e. The Labute approximate surface area is 114 Å². The molecule has 104 valence electrons. The fourth-order valence-corrected chi connectivity index (χ4v) is 2.65. The Kier molecular flexibility index (Phi) is 4.86. The maximum atomic E-state index is 11.8. The van der Waals surface area contributed by atoms with Gasteiger partial charge in [-0.25, -0.2) is 9.78 Å². The van der Waals surface area contributed by atoms with Gasteiger partial charge in [-0.15, -0.1) is 11.3 Å². The zero-order valence-corrected chi connectivity index (χ0v) is 11.2. The van der Waals surface area contributed by atoms with E-state index in [1.54, 1.807) is 0 Å². The maximum absolute atomic E-state index is 11.8. The summed E-state index contributed by atoms with van der Waals surface area (Å²) in [6.45, 7) is 1.10. The van der Waals surface area contributed by atoms with Crippen LogP contribution < -0.4 is 5.32 Å². The van der Waals surface area contributed by atoms with Gasteiger partial charge in [-0.2, -0.15) is 0 Å². The van der Waals surface area contributed by atoms with Crippen molar-refractivity contribution in [2.24, 2.45) is 0 Å². The molecule has 19 heavy (non-hydrogen) atoms. The Hall–Kier alpha value is -1.47. The topological polar surface area (TPSA) is 88.5 Å². The largest absolute Gasteiger partial charge is 0.476 e. The standard InChI is InChI=1S/C12H16N2O4S/c15-11(9-3-1-2-6-18-9)13-5-4-10-14-8(7-19-10)12(16)17/h7,9H,1-6H2,(H,13,15)(H,16,17)/t9-/m0/s1. The number of carbonyl (C=O) groups excluding carboxylic acids is 1. The van der Waals surface area contributed by atoms with E-state index in [2.05, 4.69) is 10.3 Å².